The zero-order valence-electron chi connectivity index (χ0n) is 22.3. The van der Waals surface area contributed by atoms with Crippen LogP contribution in [0.1, 0.15) is 99.3 Å². The summed E-state index contributed by atoms with van der Waals surface area (Å²) in [5.41, 5.74) is 2.32. The lowest BCUT2D eigenvalue weighted by Gasteiger charge is -2.50. The van der Waals surface area contributed by atoms with Gasteiger partial charge in [0.05, 0.1) is 18.8 Å². The van der Waals surface area contributed by atoms with Crippen LogP contribution in [0, 0.1) is 17.3 Å². The third kappa shape index (κ3) is 4.39. The molecule has 1 saturated heterocycles. The van der Waals surface area contributed by atoms with Crippen molar-refractivity contribution in [3.05, 3.63) is 41.2 Å². The van der Waals surface area contributed by atoms with Crippen molar-refractivity contribution >= 4 is 17.7 Å². The monoisotopic (exact) mass is 519 g/mol. The average molecular weight is 520 g/mol. The molecule has 1 N–H and O–H groups in total. The Hall–Kier alpha value is -3.23. The number of nitrogens with one attached hydrogen (secondary N) is 1. The second-order valence-electron chi connectivity index (χ2n) is 11.9. The number of hydrogen-bond acceptors (Lipinski definition) is 6. The van der Waals surface area contributed by atoms with E-state index in [1.54, 1.807) is 17.0 Å². The smallest absolute Gasteiger partial charge is 0.255 e. The van der Waals surface area contributed by atoms with Crippen molar-refractivity contribution in [2.45, 2.75) is 96.9 Å². The van der Waals surface area contributed by atoms with E-state index in [9.17, 15) is 14.4 Å². The fourth-order valence-corrected chi connectivity index (χ4v) is 7.62. The number of imide groups is 1. The van der Waals surface area contributed by atoms with E-state index in [0.717, 1.165) is 29.5 Å². The zero-order chi connectivity index (χ0) is 26.4. The number of rotatable bonds is 7. The van der Waals surface area contributed by atoms with E-state index < -0.39 is 11.9 Å². The van der Waals surface area contributed by atoms with Crippen LogP contribution in [0.3, 0.4) is 0 Å². The molecule has 6 rings (SSSR count). The summed E-state index contributed by atoms with van der Waals surface area (Å²) in [6.07, 6.45) is 11.8. The molecule has 4 unspecified atom stereocenters. The first-order valence-corrected chi connectivity index (χ1v) is 14.2. The number of nitrogens with zero attached hydrogens (tertiary/aromatic N) is 4. The predicted octanol–water partition coefficient (Wildman–Crippen LogP) is 4.18. The summed E-state index contributed by atoms with van der Waals surface area (Å²) in [5, 5.41) is 11.3. The Kier molecular flexibility index (Phi) is 6.48. The molecule has 9 nitrogen and oxygen atoms in total. The average Bonchev–Trinajstić information content (AvgIpc) is 3.52. The minimum absolute atomic E-state index is 0.207. The maximum Gasteiger partial charge on any atom is 0.255 e. The zero-order valence-corrected chi connectivity index (χ0v) is 22.3. The van der Waals surface area contributed by atoms with Gasteiger partial charge in [-0.25, -0.2) is 4.68 Å². The van der Waals surface area contributed by atoms with Crippen LogP contribution in [-0.2, 0) is 22.7 Å². The summed E-state index contributed by atoms with van der Waals surface area (Å²) >= 11 is 0. The summed E-state index contributed by atoms with van der Waals surface area (Å²) < 4.78 is 8.20. The number of benzene rings is 1. The molecule has 9 heteroatoms. The molecule has 0 radical (unpaired) electrons. The third-order valence-corrected chi connectivity index (χ3v) is 9.74. The number of ether oxygens (including phenoxy) is 1. The summed E-state index contributed by atoms with van der Waals surface area (Å²) in [7, 11) is 0. The number of aromatic nitrogens is 3. The number of hydrogen-bond donors (Lipinski definition) is 1. The first-order valence-electron chi connectivity index (χ1n) is 14.2. The highest BCUT2D eigenvalue weighted by Gasteiger charge is 2.45. The Morgan fingerprint density at radius 3 is 2.68 bits per heavy atom. The Labute approximate surface area is 223 Å². The molecule has 4 aliphatic rings. The standard InChI is InChI=1S/C29H37N5O4/c1-3-29(13-19-6-4-7-20(12-19)14-29)18(2)34-15-21(31-32-34)17-38-25-9-5-8-22-23(25)16-33(28(22)37)24-10-11-26(35)30-27(24)36/h5,8-9,15,18-20,24H,3-4,6-7,10-14,16-17H2,1-2H3,(H,30,35,36). The quantitative estimate of drug-likeness (QED) is 0.550. The van der Waals surface area contributed by atoms with Crippen molar-refractivity contribution in [1.82, 2.24) is 25.2 Å². The van der Waals surface area contributed by atoms with Gasteiger partial charge in [0.1, 0.15) is 24.1 Å². The summed E-state index contributed by atoms with van der Waals surface area (Å²) in [6, 6.07) is 5.03. The molecule has 3 heterocycles. The Morgan fingerprint density at radius 1 is 1.16 bits per heavy atom. The van der Waals surface area contributed by atoms with Gasteiger partial charge in [0.15, 0.2) is 0 Å². The van der Waals surface area contributed by atoms with Gasteiger partial charge in [-0.2, -0.15) is 0 Å². The van der Waals surface area contributed by atoms with E-state index >= 15 is 0 Å². The molecule has 38 heavy (non-hydrogen) atoms. The lowest BCUT2D eigenvalue weighted by atomic mass is 9.57. The minimum atomic E-state index is -0.646. The Bertz CT molecular complexity index is 1240. The van der Waals surface area contributed by atoms with Crippen LogP contribution in [0.5, 0.6) is 5.75 Å². The van der Waals surface area contributed by atoms with Gasteiger partial charge in [0, 0.05) is 17.5 Å². The maximum absolute atomic E-state index is 13.1. The molecule has 2 aliphatic carbocycles. The molecule has 0 spiro atoms. The first-order chi connectivity index (χ1) is 18.4. The lowest BCUT2D eigenvalue weighted by molar-refractivity contribution is -0.136. The number of amides is 3. The van der Waals surface area contributed by atoms with Crippen LogP contribution < -0.4 is 10.1 Å². The summed E-state index contributed by atoms with van der Waals surface area (Å²) in [5.74, 6) is 1.39. The van der Waals surface area contributed by atoms with E-state index in [1.807, 2.05) is 16.9 Å². The van der Waals surface area contributed by atoms with Gasteiger partial charge in [0.2, 0.25) is 11.8 Å². The van der Waals surface area contributed by atoms with Crippen LogP contribution in [-0.4, -0.2) is 43.7 Å². The van der Waals surface area contributed by atoms with Gasteiger partial charge in [0.25, 0.3) is 5.91 Å². The molecular weight excluding hydrogens is 482 g/mol. The van der Waals surface area contributed by atoms with E-state index in [-0.39, 0.29) is 42.8 Å². The minimum Gasteiger partial charge on any atom is -0.487 e. The number of carbonyl (C=O) groups is 3. The number of carbonyl (C=O) groups excluding carboxylic acids is 3. The van der Waals surface area contributed by atoms with Crippen LogP contribution in [0.2, 0.25) is 0 Å². The highest BCUT2D eigenvalue weighted by atomic mass is 16.5. The summed E-state index contributed by atoms with van der Waals surface area (Å²) in [4.78, 5) is 38.6. The van der Waals surface area contributed by atoms with E-state index in [4.69, 9.17) is 4.74 Å². The van der Waals surface area contributed by atoms with E-state index in [0.29, 0.717) is 17.7 Å². The Balaban J connectivity index is 1.14. The van der Waals surface area contributed by atoms with Crippen molar-refractivity contribution in [2.24, 2.45) is 17.3 Å². The molecular formula is C29H37N5O4. The molecule has 2 saturated carbocycles. The van der Waals surface area contributed by atoms with E-state index in [2.05, 4.69) is 29.5 Å². The summed E-state index contributed by atoms with van der Waals surface area (Å²) in [6.45, 7) is 5.15. The maximum atomic E-state index is 13.1. The Morgan fingerprint density at radius 2 is 1.95 bits per heavy atom. The molecule has 2 bridgehead atoms. The van der Waals surface area contributed by atoms with Crippen molar-refractivity contribution in [3.63, 3.8) is 0 Å². The molecule has 3 fully saturated rings. The third-order valence-electron chi connectivity index (χ3n) is 9.74. The van der Waals surface area contributed by atoms with Crippen LogP contribution in [0.4, 0.5) is 0 Å². The van der Waals surface area contributed by atoms with Gasteiger partial charge in [-0.3, -0.25) is 19.7 Å². The van der Waals surface area contributed by atoms with Gasteiger partial charge in [-0.1, -0.05) is 37.5 Å². The molecule has 1 aromatic carbocycles. The van der Waals surface area contributed by atoms with Crippen molar-refractivity contribution < 1.29 is 19.1 Å². The highest BCUT2D eigenvalue weighted by molar-refractivity contribution is 6.05. The van der Waals surface area contributed by atoms with Crippen LogP contribution in [0.25, 0.3) is 0 Å². The lowest BCUT2D eigenvalue weighted by Crippen LogP contribution is -2.52. The van der Waals surface area contributed by atoms with Crippen LogP contribution in [0.15, 0.2) is 24.4 Å². The van der Waals surface area contributed by atoms with Crippen molar-refractivity contribution in [3.8, 4) is 5.75 Å². The number of fused-ring (bicyclic) bond motifs is 3. The number of piperidine rings is 1. The largest absolute Gasteiger partial charge is 0.487 e. The van der Waals surface area contributed by atoms with Gasteiger partial charge in [-0.05, 0) is 68.4 Å². The molecule has 202 valence electrons. The first kappa shape index (κ1) is 25.1. The van der Waals surface area contributed by atoms with Gasteiger partial charge in [-0.15, -0.1) is 5.10 Å². The topological polar surface area (TPSA) is 106 Å². The molecule has 2 aliphatic heterocycles. The molecule has 1 aromatic heterocycles. The molecule has 3 amide bonds. The second-order valence-corrected chi connectivity index (χ2v) is 11.9. The fourth-order valence-electron chi connectivity index (χ4n) is 7.62. The predicted molar refractivity (Wildman–Crippen MR) is 139 cm³/mol. The molecule has 4 atom stereocenters. The van der Waals surface area contributed by atoms with Crippen molar-refractivity contribution in [2.75, 3.05) is 0 Å². The van der Waals surface area contributed by atoms with Crippen molar-refractivity contribution in [1.29, 1.82) is 0 Å². The fraction of sp³-hybridized carbons (Fsp3) is 0.621. The second kappa shape index (κ2) is 9.82. The normalized spacial score (nSPS) is 29.7. The SMILES string of the molecule is CCC1(C(C)n2cc(COc3cccc4c3CN(C3CCC(=O)NC3=O)C4=O)nn2)CC2CCCC(C2)C1. The molecule has 2 aromatic rings. The highest BCUT2D eigenvalue weighted by Crippen LogP contribution is 2.55. The van der Waals surface area contributed by atoms with Crippen LogP contribution >= 0.6 is 0 Å². The van der Waals surface area contributed by atoms with Gasteiger partial charge < -0.3 is 9.64 Å². The van der Waals surface area contributed by atoms with E-state index in [1.165, 1.54) is 38.5 Å². The van der Waals surface area contributed by atoms with Gasteiger partial charge >= 0.3 is 0 Å².